The fourth-order valence-electron chi connectivity index (χ4n) is 1.04. The lowest BCUT2D eigenvalue weighted by Gasteiger charge is -1.90. The van der Waals surface area contributed by atoms with E-state index < -0.39 is 0 Å². The Morgan fingerprint density at radius 2 is 2.33 bits per heavy atom. The molecule has 3 nitrogen and oxygen atoms in total. The zero-order valence-electron chi connectivity index (χ0n) is 6.15. The van der Waals surface area contributed by atoms with Crippen LogP contribution in [0, 0.1) is 0 Å². The Hall–Kier alpha value is -1.42. The van der Waals surface area contributed by atoms with Crippen LogP contribution in [0.5, 0.6) is 0 Å². The van der Waals surface area contributed by atoms with Crippen LogP contribution in [0.1, 0.15) is 9.80 Å². The second kappa shape index (κ2) is 2.57. The first-order valence-corrected chi connectivity index (χ1v) is 4.23. The van der Waals surface area contributed by atoms with Gasteiger partial charge in [-0.2, -0.15) is 0 Å². The number of benzene rings is 1. The first-order valence-electron chi connectivity index (χ1n) is 3.41. The summed E-state index contributed by atoms with van der Waals surface area (Å²) >= 11 is 1.32. The van der Waals surface area contributed by atoms with Crippen LogP contribution in [-0.4, -0.2) is 11.3 Å². The van der Waals surface area contributed by atoms with Crippen LogP contribution in [0.25, 0.3) is 10.2 Å². The van der Waals surface area contributed by atoms with Crippen LogP contribution < -0.4 is 5.73 Å². The topological polar surface area (TPSA) is 56.0 Å². The molecule has 2 N–H and O–H groups in total. The van der Waals surface area contributed by atoms with Crippen LogP contribution in [0.3, 0.4) is 0 Å². The van der Waals surface area contributed by atoms with E-state index in [4.69, 9.17) is 5.73 Å². The lowest BCUT2D eigenvalue weighted by Crippen LogP contribution is -1.82. The van der Waals surface area contributed by atoms with Crippen molar-refractivity contribution in [3.05, 3.63) is 23.2 Å². The Kier molecular flexibility index (Phi) is 1.55. The van der Waals surface area contributed by atoms with E-state index in [9.17, 15) is 4.79 Å². The van der Waals surface area contributed by atoms with E-state index in [0.717, 1.165) is 16.5 Å². The third-order valence-corrected chi connectivity index (χ3v) is 2.61. The van der Waals surface area contributed by atoms with Gasteiger partial charge >= 0.3 is 0 Å². The summed E-state index contributed by atoms with van der Waals surface area (Å²) in [5.74, 6) is 0. The van der Waals surface area contributed by atoms with Gasteiger partial charge in [-0.15, -0.1) is 11.3 Å². The van der Waals surface area contributed by atoms with Crippen molar-refractivity contribution in [2.24, 2.45) is 0 Å². The van der Waals surface area contributed by atoms with Gasteiger partial charge in [0.1, 0.15) is 0 Å². The Morgan fingerprint density at radius 3 is 3.00 bits per heavy atom. The number of carbonyl (C=O) groups is 1. The third-order valence-electron chi connectivity index (χ3n) is 1.56. The third kappa shape index (κ3) is 0.967. The van der Waals surface area contributed by atoms with Crippen LogP contribution in [-0.2, 0) is 0 Å². The predicted octanol–water partition coefficient (Wildman–Crippen LogP) is 1.69. The molecule has 0 saturated carbocycles. The quantitative estimate of drug-likeness (QED) is 0.534. The van der Waals surface area contributed by atoms with Crippen molar-refractivity contribution >= 4 is 33.5 Å². The van der Waals surface area contributed by atoms with Gasteiger partial charge in [0.25, 0.3) is 0 Å². The average molecular weight is 178 g/mol. The molecule has 0 spiro atoms. The van der Waals surface area contributed by atoms with E-state index in [1.54, 1.807) is 6.07 Å². The highest BCUT2D eigenvalue weighted by Crippen LogP contribution is 2.26. The van der Waals surface area contributed by atoms with Crippen LogP contribution in [0.2, 0.25) is 0 Å². The van der Waals surface area contributed by atoms with E-state index in [2.05, 4.69) is 4.98 Å². The highest BCUT2D eigenvalue weighted by molar-refractivity contribution is 7.20. The smallest absolute Gasteiger partial charge is 0.178 e. The number of aldehydes is 1. The first-order chi connectivity index (χ1) is 5.81. The van der Waals surface area contributed by atoms with Gasteiger partial charge < -0.3 is 5.73 Å². The zero-order chi connectivity index (χ0) is 8.55. The van der Waals surface area contributed by atoms with Gasteiger partial charge in [-0.05, 0) is 12.1 Å². The van der Waals surface area contributed by atoms with Crippen molar-refractivity contribution in [3.63, 3.8) is 0 Å². The zero-order valence-corrected chi connectivity index (χ0v) is 6.97. The monoisotopic (exact) mass is 178 g/mol. The van der Waals surface area contributed by atoms with Gasteiger partial charge in [0, 0.05) is 0 Å². The molecule has 1 aromatic heterocycles. The molecule has 0 bridgehead atoms. The summed E-state index contributed by atoms with van der Waals surface area (Å²) in [6.07, 6.45) is 0.740. The molecule has 0 fully saturated rings. The second-order valence-electron chi connectivity index (χ2n) is 2.37. The summed E-state index contributed by atoms with van der Waals surface area (Å²) in [7, 11) is 0. The van der Waals surface area contributed by atoms with Crippen molar-refractivity contribution < 1.29 is 4.79 Å². The molecule has 2 rings (SSSR count). The minimum absolute atomic E-state index is 0.475. The molecule has 2 aromatic rings. The van der Waals surface area contributed by atoms with E-state index in [1.165, 1.54) is 11.3 Å². The van der Waals surface area contributed by atoms with Crippen molar-refractivity contribution in [1.82, 2.24) is 4.98 Å². The molecule has 0 aliphatic carbocycles. The first kappa shape index (κ1) is 7.24. The molecule has 0 saturated heterocycles. The molecule has 0 amide bonds. The fourth-order valence-corrected chi connectivity index (χ4v) is 1.84. The molecule has 1 aromatic carbocycles. The number of fused-ring (bicyclic) bond motifs is 1. The van der Waals surface area contributed by atoms with Gasteiger partial charge in [-0.3, -0.25) is 4.79 Å². The molecule has 4 heteroatoms. The largest absolute Gasteiger partial charge is 0.398 e. The van der Waals surface area contributed by atoms with Crippen molar-refractivity contribution in [3.8, 4) is 0 Å². The number of aromatic nitrogens is 1. The molecule has 60 valence electrons. The maximum atomic E-state index is 10.4. The molecule has 0 unspecified atom stereocenters. The van der Waals surface area contributed by atoms with Crippen molar-refractivity contribution in [1.29, 1.82) is 0 Å². The molecule has 12 heavy (non-hydrogen) atoms. The number of rotatable bonds is 1. The Morgan fingerprint density at radius 1 is 1.50 bits per heavy atom. The minimum atomic E-state index is 0.475. The fraction of sp³-hybridized carbons (Fsp3) is 0. The normalized spacial score (nSPS) is 10.3. The van der Waals surface area contributed by atoms with E-state index in [1.807, 2.05) is 12.1 Å². The molecular weight excluding hydrogens is 172 g/mol. The van der Waals surface area contributed by atoms with Gasteiger partial charge in [-0.25, -0.2) is 4.98 Å². The summed E-state index contributed by atoms with van der Waals surface area (Å²) in [5, 5.41) is 0.475. The summed E-state index contributed by atoms with van der Waals surface area (Å²) in [4.78, 5) is 14.5. The molecular formula is C8H6N2OS. The van der Waals surface area contributed by atoms with Crippen molar-refractivity contribution in [2.45, 2.75) is 0 Å². The predicted molar refractivity (Wildman–Crippen MR) is 49.4 cm³/mol. The molecule has 0 aliphatic rings. The number of nitrogens with two attached hydrogens (primary N) is 1. The van der Waals surface area contributed by atoms with E-state index >= 15 is 0 Å². The number of hydrogen-bond acceptors (Lipinski definition) is 4. The molecule has 0 radical (unpaired) electrons. The lowest BCUT2D eigenvalue weighted by molar-refractivity contribution is 0.112. The minimum Gasteiger partial charge on any atom is -0.398 e. The maximum Gasteiger partial charge on any atom is 0.178 e. The highest BCUT2D eigenvalue weighted by Gasteiger charge is 2.03. The molecule has 0 aliphatic heterocycles. The summed E-state index contributed by atoms with van der Waals surface area (Å²) < 4.78 is 0.889. The van der Waals surface area contributed by atoms with Crippen LogP contribution >= 0.6 is 11.3 Å². The van der Waals surface area contributed by atoms with Gasteiger partial charge in [-0.1, -0.05) is 6.07 Å². The summed E-state index contributed by atoms with van der Waals surface area (Å²) in [5.41, 5.74) is 7.15. The standard InChI is InChI=1S/C8H6N2OS/c9-5-2-1-3-6-8(5)12-7(4-11)10-6/h1-4H,9H2. The number of anilines is 1. The van der Waals surface area contributed by atoms with Crippen LogP contribution in [0.4, 0.5) is 5.69 Å². The molecule has 0 atom stereocenters. The average Bonchev–Trinajstić information content (AvgIpc) is 2.49. The Bertz CT molecular complexity index is 436. The number of nitrogen functional groups attached to an aromatic ring is 1. The van der Waals surface area contributed by atoms with Gasteiger partial charge in [0.2, 0.25) is 0 Å². The molecule has 1 heterocycles. The lowest BCUT2D eigenvalue weighted by atomic mass is 10.3. The number of nitrogens with zero attached hydrogens (tertiary/aromatic N) is 1. The Balaban J connectivity index is 2.82. The van der Waals surface area contributed by atoms with Gasteiger partial charge in [0.15, 0.2) is 11.3 Å². The van der Waals surface area contributed by atoms with Gasteiger partial charge in [0.05, 0.1) is 15.9 Å². The highest BCUT2D eigenvalue weighted by atomic mass is 32.1. The SMILES string of the molecule is Nc1cccc2nc(C=O)sc12. The number of hydrogen-bond donors (Lipinski definition) is 1. The Labute approximate surface area is 72.8 Å². The number of carbonyl (C=O) groups excluding carboxylic acids is 1. The maximum absolute atomic E-state index is 10.4. The summed E-state index contributed by atoms with van der Waals surface area (Å²) in [6, 6.07) is 5.47. The van der Waals surface area contributed by atoms with E-state index in [0.29, 0.717) is 10.7 Å². The second-order valence-corrected chi connectivity index (χ2v) is 3.40. The summed E-state index contributed by atoms with van der Waals surface area (Å²) in [6.45, 7) is 0. The number of thiazole rings is 1. The van der Waals surface area contributed by atoms with E-state index in [-0.39, 0.29) is 0 Å². The van der Waals surface area contributed by atoms with Crippen molar-refractivity contribution in [2.75, 3.05) is 5.73 Å². The van der Waals surface area contributed by atoms with Crippen LogP contribution in [0.15, 0.2) is 18.2 Å².